The number of nitrogens with one attached hydrogen (secondary N) is 1. The molecule has 1 atom stereocenters. The molecule has 0 amide bonds. The fourth-order valence-electron chi connectivity index (χ4n) is 3.77. The van der Waals surface area contributed by atoms with E-state index in [1.807, 2.05) is 0 Å². The SMILES string of the molecule is COc1cc(OC)c(F)c(C#Cc2nn([C@H]3CCNC3)c3c(C(C)=O)cnc(N)c23)c1F. The van der Waals surface area contributed by atoms with E-state index in [9.17, 15) is 13.6 Å². The Hall–Kier alpha value is -3.71. The molecule has 3 aromatic rings. The maximum Gasteiger partial charge on any atom is 0.183 e. The third-order valence-corrected chi connectivity index (χ3v) is 5.39. The standard InChI is InChI=1S/C22H21F2N5O3/c1-11(30)14-10-27-22(25)18-15(28-29(21(14)18)12-6-7-26-9-12)5-4-13-19(23)16(31-2)8-17(32-3)20(13)24/h8,10,12,26H,6-7,9H2,1-3H3,(H2,25,27)/t12-/m0/s1. The van der Waals surface area contributed by atoms with Crippen LogP contribution in [0.3, 0.4) is 0 Å². The van der Waals surface area contributed by atoms with Gasteiger partial charge in [0.1, 0.15) is 17.1 Å². The van der Waals surface area contributed by atoms with E-state index >= 15 is 0 Å². The average molecular weight is 441 g/mol. The number of carbonyl (C=O) groups is 1. The zero-order valence-corrected chi connectivity index (χ0v) is 17.8. The van der Waals surface area contributed by atoms with E-state index in [1.54, 1.807) is 4.68 Å². The van der Waals surface area contributed by atoms with E-state index in [0.29, 0.717) is 23.0 Å². The Morgan fingerprint density at radius 3 is 2.50 bits per heavy atom. The molecule has 10 heteroatoms. The van der Waals surface area contributed by atoms with Crippen molar-refractivity contribution in [2.45, 2.75) is 19.4 Å². The molecule has 1 aromatic carbocycles. The molecular weight excluding hydrogens is 420 g/mol. The van der Waals surface area contributed by atoms with Crippen molar-refractivity contribution in [3.8, 4) is 23.3 Å². The summed E-state index contributed by atoms with van der Waals surface area (Å²) in [6.07, 6.45) is 2.20. The number of rotatable bonds is 4. The summed E-state index contributed by atoms with van der Waals surface area (Å²) in [6, 6.07) is 1.08. The molecule has 0 radical (unpaired) electrons. The molecule has 1 aliphatic heterocycles. The van der Waals surface area contributed by atoms with E-state index < -0.39 is 17.2 Å². The number of aromatic nitrogens is 3. The maximum atomic E-state index is 14.7. The summed E-state index contributed by atoms with van der Waals surface area (Å²) in [5, 5.41) is 8.18. The molecule has 0 saturated carbocycles. The maximum absolute atomic E-state index is 14.7. The first kappa shape index (κ1) is 21.5. The minimum Gasteiger partial charge on any atom is -0.493 e. The van der Waals surface area contributed by atoms with Gasteiger partial charge in [-0.05, 0) is 25.8 Å². The molecule has 4 rings (SSSR count). The van der Waals surface area contributed by atoms with Crippen LogP contribution < -0.4 is 20.5 Å². The van der Waals surface area contributed by atoms with Gasteiger partial charge in [0, 0.05) is 18.8 Å². The van der Waals surface area contributed by atoms with Crippen molar-refractivity contribution in [2.75, 3.05) is 33.0 Å². The second-order valence-corrected chi connectivity index (χ2v) is 7.31. The van der Waals surface area contributed by atoms with Crippen molar-refractivity contribution >= 4 is 22.5 Å². The van der Waals surface area contributed by atoms with Crippen molar-refractivity contribution in [3.63, 3.8) is 0 Å². The van der Waals surface area contributed by atoms with Crippen LogP contribution in [-0.2, 0) is 0 Å². The number of hydrogen-bond donors (Lipinski definition) is 2. The Morgan fingerprint density at radius 2 is 1.94 bits per heavy atom. The van der Waals surface area contributed by atoms with Gasteiger partial charge in [-0.3, -0.25) is 9.48 Å². The van der Waals surface area contributed by atoms with Gasteiger partial charge in [-0.25, -0.2) is 13.8 Å². The first-order chi connectivity index (χ1) is 15.4. The lowest BCUT2D eigenvalue weighted by Gasteiger charge is -2.12. The number of Topliss-reactive ketones (excluding diaryl/α,β-unsaturated/α-hetero) is 1. The summed E-state index contributed by atoms with van der Waals surface area (Å²) in [5.74, 6) is 2.79. The molecule has 0 spiro atoms. The number of methoxy groups -OCH3 is 2. The minimum absolute atomic E-state index is 0.0293. The first-order valence-electron chi connectivity index (χ1n) is 9.87. The van der Waals surface area contributed by atoms with Gasteiger partial charge in [0.2, 0.25) is 0 Å². The van der Waals surface area contributed by atoms with Gasteiger partial charge in [0.25, 0.3) is 0 Å². The summed E-state index contributed by atoms with van der Waals surface area (Å²) in [5.41, 5.74) is 6.61. The third-order valence-electron chi connectivity index (χ3n) is 5.39. The number of nitrogens with two attached hydrogens (primary N) is 1. The lowest BCUT2D eigenvalue weighted by atomic mass is 10.1. The van der Waals surface area contributed by atoms with Gasteiger partial charge < -0.3 is 20.5 Å². The van der Waals surface area contributed by atoms with E-state index in [4.69, 9.17) is 15.2 Å². The van der Waals surface area contributed by atoms with E-state index in [-0.39, 0.29) is 34.8 Å². The molecule has 1 aliphatic rings. The van der Waals surface area contributed by atoms with Crippen LogP contribution in [0.25, 0.3) is 10.9 Å². The first-order valence-corrected chi connectivity index (χ1v) is 9.87. The molecule has 3 N–H and O–H groups in total. The average Bonchev–Trinajstić information content (AvgIpc) is 3.42. The zero-order valence-electron chi connectivity index (χ0n) is 17.8. The molecule has 8 nitrogen and oxygen atoms in total. The van der Waals surface area contributed by atoms with E-state index in [2.05, 4.69) is 27.2 Å². The van der Waals surface area contributed by atoms with Crippen LogP contribution in [0.1, 0.15) is 41.0 Å². The van der Waals surface area contributed by atoms with Crippen molar-refractivity contribution in [1.82, 2.24) is 20.1 Å². The van der Waals surface area contributed by atoms with Crippen molar-refractivity contribution in [2.24, 2.45) is 0 Å². The highest BCUT2D eigenvalue weighted by molar-refractivity contribution is 6.09. The van der Waals surface area contributed by atoms with Crippen molar-refractivity contribution in [1.29, 1.82) is 0 Å². The van der Waals surface area contributed by atoms with Crippen LogP contribution in [0.15, 0.2) is 12.3 Å². The third kappa shape index (κ3) is 3.50. The van der Waals surface area contributed by atoms with Crippen molar-refractivity contribution < 1.29 is 23.0 Å². The Kier molecular flexibility index (Phi) is 5.67. The van der Waals surface area contributed by atoms with Gasteiger partial charge in [-0.1, -0.05) is 5.92 Å². The summed E-state index contributed by atoms with van der Waals surface area (Å²) >= 11 is 0. The fraction of sp³-hybridized carbons (Fsp3) is 0.318. The number of anilines is 1. The van der Waals surface area contributed by atoms with Gasteiger partial charge in [0.15, 0.2) is 28.9 Å². The Bertz CT molecular complexity index is 1260. The van der Waals surface area contributed by atoms with Gasteiger partial charge >= 0.3 is 0 Å². The highest BCUT2D eigenvalue weighted by Crippen LogP contribution is 2.32. The Morgan fingerprint density at radius 1 is 1.25 bits per heavy atom. The summed E-state index contributed by atoms with van der Waals surface area (Å²) in [4.78, 5) is 16.4. The summed E-state index contributed by atoms with van der Waals surface area (Å²) in [7, 11) is 2.51. The van der Waals surface area contributed by atoms with Crippen molar-refractivity contribution in [3.05, 3.63) is 40.7 Å². The molecule has 0 unspecified atom stereocenters. The zero-order chi connectivity index (χ0) is 23.0. The monoisotopic (exact) mass is 441 g/mol. The largest absolute Gasteiger partial charge is 0.493 e. The van der Waals surface area contributed by atoms with Crippen LogP contribution >= 0.6 is 0 Å². The van der Waals surface area contributed by atoms with Crippen LogP contribution in [0, 0.1) is 23.5 Å². The van der Waals surface area contributed by atoms with Gasteiger partial charge in [-0.15, -0.1) is 0 Å². The quantitative estimate of drug-likeness (QED) is 0.473. The molecule has 0 bridgehead atoms. The Labute approximate surface area is 182 Å². The van der Waals surface area contributed by atoms with Crippen LogP contribution in [-0.4, -0.2) is 47.9 Å². The normalized spacial score (nSPS) is 15.5. The van der Waals surface area contributed by atoms with Gasteiger partial charge in [-0.2, -0.15) is 5.10 Å². The number of hydrogen-bond acceptors (Lipinski definition) is 7. The molecule has 3 heterocycles. The topological polar surface area (TPSA) is 104 Å². The number of ether oxygens (including phenoxy) is 2. The molecule has 1 saturated heterocycles. The smallest absolute Gasteiger partial charge is 0.183 e. The van der Waals surface area contributed by atoms with E-state index in [1.165, 1.54) is 27.3 Å². The van der Waals surface area contributed by atoms with E-state index in [0.717, 1.165) is 19.0 Å². The van der Waals surface area contributed by atoms with Crippen LogP contribution in [0.2, 0.25) is 0 Å². The number of benzene rings is 1. The Balaban J connectivity index is 1.96. The fourth-order valence-corrected chi connectivity index (χ4v) is 3.77. The summed E-state index contributed by atoms with van der Waals surface area (Å²) in [6.45, 7) is 2.87. The number of carbonyl (C=O) groups excluding carboxylic acids is 1. The number of fused-ring (bicyclic) bond motifs is 1. The number of nitrogens with zero attached hydrogens (tertiary/aromatic N) is 3. The highest BCUT2D eigenvalue weighted by Gasteiger charge is 2.26. The van der Waals surface area contributed by atoms with Crippen LogP contribution in [0.5, 0.6) is 11.5 Å². The molecule has 166 valence electrons. The minimum atomic E-state index is -0.961. The summed E-state index contributed by atoms with van der Waals surface area (Å²) < 4.78 is 41.1. The second kappa shape index (κ2) is 8.43. The second-order valence-electron chi connectivity index (χ2n) is 7.31. The van der Waals surface area contributed by atoms with Crippen LogP contribution in [0.4, 0.5) is 14.6 Å². The molecular formula is C22H21F2N5O3. The lowest BCUT2D eigenvalue weighted by molar-refractivity contribution is 0.101. The predicted octanol–water partition coefficient (Wildman–Crippen LogP) is 2.45. The number of ketones is 1. The lowest BCUT2D eigenvalue weighted by Crippen LogP contribution is -2.15. The molecule has 0 aliphatic carbocycles. The molecule has 1 fully saturated rings. The number of pyridine rings is 1. The highest BCUT2D eigenvalue weighted by atomic mass is 19.1. The van der Waals surface area contributed by atoms with Gasteiger partial charge in [0.05, 0.1) is 36.7 Å². The number of nitrogen functional groups attached to an aromatic ring is 1. The predicted molar refractivity (Wildman–Crippen MR) is 114 cm³/mol. The molecule has 32 heavy (non-hydrogen) atoms. The number of halogens is 2. The molecule has 2 aromatic heterocycles.